The second-order valence-electron chi connectivity index (χ2n) is 12.2. The molecule has 7 heteroatoms. The van der Waals surface area contributed by atoms with Crippen LogP contribution < -0.4 is 15.4 Å². The Bertz CT molecular complexity index is 1340. The third-order valence-electron chi connectivity index (χ3n) is 8.63. The van der Waals surface area contributed by atoms with Gasteiger partial charge in [0.15, 0.2) is 5.60 Å². The summed E-state index contributed by atoms with van der Waals surface area (Å²) in [6.45, 7) is 6.32. The van der Waals surface area contributed by atoms with Crippen LogP contribution in [0.25, 0.3) is 0 Å². The van der Waals surface area contributed by atoms with Crippen molar-refractivity contribution in [1.29, 1.82) is 0 Å². The molecular formula is C35H44ClN3O3. The Morgan fingerprint density at radius 3 is 2.24 bits per heavy atom. The van der Waals surface area contributed by atoms with Crippen molar-refractivity contribution in [3.63, 3.8) is 0 Å². The number of rotatable bonds is 11. The number of benzene rings is 3. The first-order chi connectivity index (χ1) is 20.0. The van der Waals surface area contributed by atoms with Gasteiger partial charge in [-0.1, -0.05) is 48.0 Å². The molecule has 6 nitrogen and oxygen atoms in total. The minimum atomic E-state index is -1.01. The van der Waals surface area contributed by atoms with E-state index in [1.807, 2.05) is 38.1 Å². The maximum absolute atomic E-state index is 13.3. The van der Waals surface area contributed by atoms with Gasteiger partial charge in [0.25, 0.3) is 11.8 Å². The molecule has 0 radical (unpaired) electrons. The standard InChI is InChI=1S/C35H44ClN3O3/c1-25-8-6-7-9-28(25)24-35(39(4)5)21-18-30(19-22-35)38-33(41)34(2,3)42-31-16-10-26(11-17-31)20-23-37-32(40)27-12-14-29(36)15-13-27/h6-17,30H,18-24H2,1-5H3,(H,37,40)(H,38,41). The van der Waals surface area contributed by atoms with E-state index >= 15 is 0 Å². The fourth-order valence-corrected chi connectivity index (χ4v) is 5.82. The van der Waals surface area contributed by atoms with E-state index < -0.39 is 5.60 Å². The zero-order valence-electron chi connectivity index (χ0n) is 25.5. The predicted molar refractivity (Wildman–Crippen MR) is 170 cm³/mol. The largest absolute Gasteiger partial charge is 0.478 e. The van der Waals surface area contributed by atoms with Crippen molar-refractivity contribution >= 4 is 23.4 Å². The third-order valence-corrected chi connectivity index (χ3v) is 8.88. The summed E-state index contributed by atoms with van der Waals surface area (Å²) in [6, 6.07) is 23.3. The highest BCUT2D eigenvalue weighted by molar-refractivity contribution is 6.30. The van der Waals surface area contributed by atoms with Crippen molar-refractivity contribution < 1.29 is 14.3 Å². The first-order valence-electron chi connectivity index (χ1n) is 14.8. The maximum Gasteiger partial charge on any atom is 0.263 e. The lowest BCUT2D eigenvalue weighted by molar-refractivity contribution is -0.135. The van der Waals surface area contributed by atoms with E-state index in [9.17, 15) is 9.59 Å². The van der Waals surface area contributed by atoms with Crippen LogP contribution in [0.15, 0.2) is 72.8 Å². The average molecular weight is 590 g/mol. The molecule has 42 heavy (non-hydrogen) atoms. The van der Waals surface area contributed by atoms with Crippen molar-refractivity contribution in [1.82, 2.24) is 15.5 Å². The Labute approximate surface area is 255 Å². The topological polar surface area (TPSA) is 70.7 Å². The average Bonchev–Trinajstić information content (AvgIpc) is 2.96. The van der Waals surface area contributed by atoms with E-state index in [0.29, 0.717) is 29.3 Å². The summed E-state index contributed by atoms with van der Waals surface area (Å²) in [4.78, 5) is 28.0. The molecule has 1 fully saturated rings. The first-order valence-corrected chi connectivity index (χ1v) is 15.2. The van der Waals surface area contributed by atoms with Crippen LogP contribution in [-0.2, 0) is 17.6 Å². The predicted octanol–water partition coefficient (Wildman–Crippen LogP) is 6.38. The van der Waals surface area contributed by atoms with Crippen molar-refractivity contribution in [2.24, 2.45) is 0 Å². The van der Waals surface area contributed by atoms with Gasteiger partial charge >= 0.3 is 0 Å². The SMILES string of the molecule is Cc1ccccc1CC1(N(C)C)CCC(NC(=O)C(C)(C)Oc2ccc(CCNC(=O)c3ccc(Cl)cc3)cc2)CC1. The number of nitrogens with zero attached hydrogens (tertiary/aromatic N) is 1. The lowest BCUT2D eigenvalue weighted by atomic mass is 9.74. The van der Waals surface area contributed by atoms with Gasteiger partial charge in [0, 0.05) is 28.7 Å². The summed E-state index contributed by atoms with van der Waals surface area (Å²) < 4.78 is 6.14. The molecular weight excluding hydrogens is 546 g/mol. The van der Waals surface area contributed by atoms with Gasteiger partial charge in [-0.05, 0) is 126 Å². The highest BCUT2D eigenvalue weighted by Gasteiger charge is 2.39. The molecule has 1 saturated carbocycles. The fourth-order valence-electron chi connectivity index (χ4n) is 5.69. The van der Waals surface area contributed by atoms with Gasteiger partial charge in [0.05, 0.1) is 0 Å². The van der Waals surface area contributed by atoms with Crippen molar-refractivity contribution in [2.45, 2.75) is 76.5 Å². The molecule has 0 unspecified atom stereocenters. The highest BCUT2D eigenvalue weighted by Crippen LogP contribution is 2.36. The van der Waals surface area contributed by atoms with E-state index in [1.165, 1.54) is 11.1 Å². The number of carbonyl (C=O) groups excluding carboxylic acids is 2. The van der Waals surface area contributed by atoms with Crippen LogP contribution in [0.1, 0.15) is 66.6 Å². The maximum atomic E-state index is 13.3. The molecule has 224 valence electrons. The molecule has 3 aromatic rings. The molecule has 1 aliphatic carbocycles. The molecule has 0 spiro atoms. The van der Waals surface area contributed by atoms with Crippen LogP contribution in [0.3, 0.4) is 0 Å². The van der Waals surface area contributed by atoms with Gasteiger partial charge in [0.1, 0.15) is 5.75 Å². The minimum absolute atomic E-state index is 0.0970. The minimum Gasteiger partial charge on any atom is -0.478 e. The van der Waals surface area contributed by atoms with Gasteiger partial charge in [-0.15, -0.1) is 0 Å². The summed E-state index contributed by atoms with van der Waals surface area (Å²) in [5.41, 5.74) is 3.47. The third kappa shape index (κ3) is 8.14. The van der Waals surface area contributed by atoms with Gasteiger partial charge in [0.2, 0.25) is 0 Å². The van der Waals surface area contributed by atoms with E-state index in [-0.39, 0.29) is 23.4 Å². The number of amides is 2. The van der Waals surface area contributed by atoms with E-state index in [2.05, 4.69) is 60.8 Å². The summed E-state index contributed by atoms with van der Waals surface area (Å²) in [6.07, 6.45) is 5.64. The molecule has 0 atom stereocenters. The van der Waals surface area contributed by atoms with Crippen molar-refractivity contribution in [3.05, 3.63) is 100 Å². The fraction of sp³-hybridized carbons (Fsp3) is 0.429. The lowest BCUT2D eigenvalue weighted by Crippen LogP contribution is -2.55. The summed E-state index contributed by atoms with van der Waals surface area (Å²) in [7, 11) is 4.35. The Balaban J connectivity index is 1.25. The number of carbonyl (C=O) groups is 2. The number of ether oxygens (including phenoxy) is 1. The van der Waals surface area contributed by atoms with Crippen LogP contribution in [0.2, 0.25) is 5.02 Å². The number of likely N-dealkylation sites (N-methyl/N-ethyl adjacent to an activating group) is 1. The molecule has 2 amide bonds. The monoisotopic (exact) mass is 589 g/mol. The molecule has 3 aromatic carbocycles. The molecule has 0 saturated heterocycles. The van der Waals surface area contributed by atoms with Crippen LogP contribution in [0, 0.1) is 6.92 Å². The lowest BCUT2D eigenvalue weighted by Gasteiger charge is -2.46. The molecule has 0 aromatic heterocycles. The number of aryl methyl sites for hydroxylation is 1. The second kappa shape index (κ2) is 13.7. The Morgan fingerprint density at radius 1 is 0.976 bits per heavy atom. The Hall–Kier alpha value is -3.35. The Kier molecular flexibility index (Phi) is 10.3. The normalized spacial score (nSPS) is 18.9. The zero-order valence-corrected chi connectivity index (χ0v) is 26.3. The Morgan fingerprint density at radius 2 is 1.62 bits per heavy atom. The summed E-state index contributed by atoms with van der Waals surface area (Å²) in [5.74, 6) is 0.409. The zero-order chi connectivity index (χ0) is 30.3. The number of nitrogens with one attached hydrogen (secondary N) is 2. The van der Waals surface area contributed by atoms with Crippen LogP contribution in [0.5, 0.6) is 5.75 Å². The molecule has 1 aliphatic rings. The van der Waals surface area contributed by atoms with Gasteiger partial charge in [-0.3, -0.25) is 9.59 Å². The molecule has 0 aliphatic heterocycles. The second-order valence-corrected chi connectivity index (χ2v) is 12.7. The molecule has 2 N–H and O–H groups in total. The number of hydrogen-bond donors (Lipinski definition) is 2. The van der Waals surface area contributed by atoms with E-state index in [0.717, 1.165) is 37.7 Å². The van der Waals surface area contributed by atoms with E-state index in [1.54, 1.807) is 24.3 Å². The van der Waals surface area contributed by atoms with Crippen molar-refractivity contribution in [2.75, 3.05) is 20.6 Å². The van der Waals surface area contributed by atoms with Crippen LogP contribution in [-0.4, -0.2) is 54.5 Å². The smallest absolute Gasteiger partial charge is 0.263 e. The highest BCUT2D eigenvalue weighted by atomic mass is 35.5. The van der Waals surface area contributed by atoms with Gasteiger partial charge in [-0.25, -0.2) is 0 Å². The molecule has 0 heterocycles. The van der Waals surface area contributed by atoms with Crippen LogP contribution >= 0.6 is 11.6 Å². The van der Waals surface area contributed by atoms with Crippen molar-refractivity contribution in [3.8, 4) is 5.75 Å². The molecule has 4 rings (SSSR count). The summed E-state index contributed by atoms with van der Waals surface area (Å²) in [5, 5.41) is 6.80. The molecule has 0 bridgehead atoms. The number of halogens is 1. The van der Waals surface area contributed by atoms with Gasteiger partial charge in [-0.2, -0.15) is 0 Å². The summed E-state index contributed by atoms with van der Waals surface area (Å²) >= 11 is 5.89. The number of hydrogen-bond acceptors (Lipinski definition) is 4. The van der Waals surface area contributed by atoms with E-state index in [4.69, 9.17) is 16.3 Å². The van der Waals surface area contributed by atoms with Crippen LogP contribution in [0.4, 0.5) is 0 Å². The van der Waals surface area contributed by atoms with Gasteiger partial charge < -0.3 is 20.3 Å². The first kappa shape index (κ1) is 31.6. The quantitative estimate of drug-likeness (QED) is 0.272.